The number of hydrogen-bond donors (Lipinski definition) is 0. The minimum absolute atomic E-state index is 0.0669. The third-order valence-electron chi connectivity index (χ3n) is 3.53. The fourth-order valence-electron chi connectivity index (χ4n) is 2.46. The van der Waals surface area contributed by atoms with Crippen LogP contribution in [0.5, 0.6) is 5.75 Å². The molecule has 0 saturated heterocycles. The van der Waals surface area contributed by atoms with Gasteiger partial charge in [0.25, 0.3) is 0 Å². The van der Waals surface area contributed by atoms with E-state index in [1.165, 1.54) is 0 Å². The van der Waals surface area contributed by atoms with Crippen LogP contribution >= 0.6 is 7.60 Å². The van der Waals surface area contributed by atoms with Gasteiger partial charge in [-0.1, -0.05) is 32.4 Å². The Labute approximate surface area is 126 Å². The van der Waals surface area contributed by atoms with Gasteiger partial charge in [-0.25, -0.2) is 4.57 Å². The van der Waals surface area contributed by atoms with Gasteiger partial charge < -0.3 is 4.52 Å². The molecule has 0 spiro atoms. The fraction of sp³-hybridized carbons (Fsp3) is 0.562. The Morgan fingerprint density at radius 2 is 2.00 bits per heavy atom. The standard InChI is InChI=1S/C16H23O4P/c1-3-5-11-19-21(18,12-4-2)20-15-8-6-7-13-9-10-14(17)16(13)15/h6-8H,3-5,9-12H2,1-2H3. The van der Waals surface area contributed by atoms with Crippen LogP contribution in [-0.4, -0.2) is 18.6 Å². The first-order chi connectivity index (χ1) is 10.1. The van der Waals surface area contributed by atoms with Gasteiger partial charge >= 0.3 is 7.60 Å². The van der Waals surface area contributed by atoms with Crippen LogP contribution in [0.1, 0.15) is 55.5 Å². The number of hydrogen-bond acceptors (Lipinski definition) is 4. The summed E-state index contributed by atoms with van der Waals surface area (Å²) in [7, 11) is -3.18. The highest BCUT2D eigenvalue weighted by molar-refractivity contribution is 7.54. The van der Waals surface area contributed by atoms with E-state index >= 15 is 0 Å². The van der Waals surface area contributed by atoms with Crippen molar-refractivity contribution in [1.29, 1.82) is 0 Å². The molecule has 1 atom stereocenters. The third kappa shape index (κ3) is 3.96. The van der Waals surface area contributed by atoms with Gasteiger partial charge in [0, 0.05) is 6.42 Å². The lowest BCUT2D eigenvalue weighted by molar-refractivity contribution is 0.0993. The molecule has 0 bridgehead atoms. The van der Waals surface area contributed by atoms with Crippen LogP contribution in [0.25, 0.3) is 0 Å². The molecular formula is C16H23O4P. The van der Waals surface area contributed by atoms with Crippen molar-refractivity contribution in [1.82, 2.24) is 0 Å². The average Bonchev–Trinajstić information content (AvgIpc) is 2.82. The van der Waals surface area contributed by atoms with Crippen molar-refractivity contribution >= 4 is 13.4 Å². The minimum Gasteiger partial charge on any atom is -0.424 e. The lowest BCUT2D eigenvalue weighted by Crippen LogP contribution is -2.06. The van der Waals surface area contributed by atoms with E-state index in [9.17, 15) is 9.36 Å². The predicted octanol–water partition coefficient (Wildman–Crippen LogP) is 4.61. The number of benzene rings is 1. The van der Waals surface area contributed by atoms with Gasteiger partial charge in [-0.3, -0.25) is 9.32 Å². The molecule has 5 heteroatoms. The molecule has 4 nitrogen and oxygen atoms in total. The van der Waals surface area contributed by atoms with E-state index in [1.54, 1.807) is 6.07 Å². The number of carbonyl (C=O) groups excluding carboxylic acids is 1. The lowest BCUT2D eigenvalue weighted by atomic mass is 10.1. The van der Waals surface area contributed by atoms with Crippen molar-refractivity contribution in [3.63, 3.8) is 0 Å². The number of Topliss-reactive ketones (excluding diaryl/α,β-unsaturated/α-hetero) is 1. The van der Waals surface area contributed by atoms with Crippen LogP contribution < -0.4 is 4.52 Å². The number of rotatable bonds is 8. The van der Waals surface area contributed by atoms with Crippen molar-refractivity contribution in [2.75, 3.05) is 12.8 Å². The Bertz CT molecular complexity index is 553. The summed E-state index contributed by atoms with van der Waals surface area (Å²) in [6.45, 7) is 4.42. The molecule has 0 heterocycles. The number of carbonyl (C=O) groups is 1. The molecular weight excluding hydrogens is 287 g/mol. The van der Waals surface area contributed by atoms with Gasteiger partial charge in [-0.15, -0.1) is 0 Å². The topological polar surface area (TPSA) is 52.6 Å². The maximum absolute atomic E-state index is 12.8. The monoisotopic (exact) mass is 310 g/mol. The average molecular weight is 310 g/mol. The maximum Gasteiger partial charge on any atom is 0.379 e. The Morgan fingerprint density at radius 1 is 1.19 bits per heavy atom. The maximum atomic E-state index is 12.8. The van der Waals surface area contributed by atoms with Crippen LogP contribution in [0.3, 0.4) is 0 Å². The van der Waals surface area contributed by atoms with Gasteiger partial charge in [0.1, 0.15) is 5.75 Å². The summed E-state index contributed by atoms with van der Waals surface area (Å²) >= 11 is 0. The highest BCUT2D eigenvalue weighted by Crippen LogP contribution is 2.50. The van der Waals surface area contributed by atoms with Crippen molar-refractivity contribution in [2.24, 2.45) is 0 Å². The molecule has 0 aliphatic heterocycles. The summed E-state index contributed by atoms with van der Waals surface area (Å²) in [5.41, 5.74) is 1.57. The van der Waals surface area contributed by atoms with Crippen LogP contribution in [-0.2, 0) is 15.5 Å². The summed E-state index contributed by atoms with van der Waals surface area (Å²) in [5.74, 6) is 0.487. The SMILES string of the molecule is CCCCOP(=O)(CCC)Oc1cccc2c1C(=O)CC2. The first-order valence-electron chi connectivity index (χ1n) is 7.68. The highest BCUT2D eigenvalue weighted by Gasteiger charge is 2.30. The van der Waals surface area contributed by atoms with Crippen LogP contribution in [0.4, 0.5) is 0 Å². The van der Waals surface area contributed by atoms with E-state index in [-0.39, 0.29) is 5.78 Å². The quantitative estimate of drug-likeness (QED) is 0.519. The first-order valence-corrected chi connectivity index (χ1v) is 9.40. The Balaban J connectivity index is 2.20. The zero-order valence-electron chi connectivity index (χ0n) is 12.8. The summed E-state index contributed by atoms with van der Waals surface area (Å²) in [6, 6.07) is 5.48. The smallest absolute Gasteiger partial charge is 0.379 e. The third-order valence-corrected chi connectivity index (χ3v) is 5.58. The van der Waals surface area contributed by atoms with E-state index in [0.29, 0.717) is 36.9 Å². The summed E-state index contributed by atoms with van der Waals surface area (Å²) in [4.78, 5) is 12.0. The van der Waals surface area contributed by atoms with Crippen molar-refractivity contribution in [2.45, 2.75) is 46.0 Å². The molecule has 1 aliphatic rings. The van der Waals surface area contributed by atoms with Gasteiger partial charge in [-0.05, 0) is 30.9 Å². The van der Waals surface area contributed by atoms with Crippen molar-refractivity contribution in [3.8, 4) is 5.75 Å². The molecule has 0 saturated carbocycles. The molecule has 1 aromatic carbocycles. The number of fused-ring (bicyclic) bond motifs is 1. The van der Waals surface area contributed by atoms with Crippen molar-refractivity contribution < 1.29 is 18.4 Å². The molecule has 0 fully saturated rings. The van der Waals surface area contributed by atoms with Crippen LogP contribution in [0.2, 0.25) is 0 Å². The first kappa shape index (κ1) is 16.3. The summed E-state index contributed by atoms with van der Waals surface area (Å²) < 4.78 is 24.1. The lowest BCUT2D eigenvalue weighted by Gasteiger charge is -2.20. The zero-order chi connectivity index (χ0) is 15.3. The van der Waals surface area contributed by atoms with Gasteiger partial charge in [-0.2, -0.15) is 0 Å². The highest BCUT2D eigenvalue weighted by atomic mass is 31.2. The summed E-state index contributed by atoms with van der Waals surface area (Å²) in [5, 5.41) is 0. The van der Waals surface area contributed by atoms with E-state index < -0.39 is 7.60 Å². The molecule has 0 aromatic heterocycles. The summed E-state index contributed by atoms with van der Waals surface area (Å²) in [6.07, 6.45) is 4.15. The molecule has 1 aromatic rings. The second-order valence-corrected chi connectivity index (χ2v) is 7.44. The second kappa shape index (κ2) is 7.24. The second-order valence-electron chi connectivity index (χ2n) is 5.33. The Morgan fingerprint density at radius 3 is 2.71 bits per heavy atom. The Hall–Kier alpha value is -1.12. The fourth-order valence-corrected chi connectivity index (χ4v) is 4.14. The molecule has 0 radical (unpaired) electrons. The predicted molar refractivity (Wildman–Crippen MR) is 83.3 cm³/mol. The van der Waals surface area contributed by atoms with Gasteiger partial charge in [0.2, 0.25) is 0 Å². The van der Waals surface area contributed by atoms with Gasteiger partial charge in [0.15, 0.2) is 5.78 Å². The molecule has 0 N–H and O–H groups in total. The number of ketones is 1. The molecule has 0 amide bonds. The van der Waals surface area contributed by atoms with E-state index in [2.05, 4.69) is 6.92 Å². The number of aryl methyl sites for hydroxylation is 1. The zero-order valence-corrected chi connectivity index (χ0v) is 13.7. The van der Waals surface area contributed by atoms with Crippen LogP contribution in [0.15, 0.2) is 18.2 Å². The van der Waals surface area contributed by atoms with Crippen LogP contribution in [0, 0.1) is 0 Å². The molecule has 2 rings (SSSR count). The Kier molecular flexibility index (Phi) is 5.60. The van der Waals surface area contributed by atoms with Gasteiger partial charge in [0.05, 0.1) is 18.3 Å². The minimum atomic E-state index is -3.18. The molecule has 1 aliphatic carbocycles. The van der Waals surface area contributed by atoms with E-state index in [4.69, 9.17) is 9.05 Å². The largest absolute Gasteiger partial charge is 0.424 e. The number of unbranched alkanes of at least 4 members (excludes halogenated alkanes) is 1. The molecule has 21 heavy (non-hydrogen) atoms. The van der Waals surface area contributed by atoms with Crippen molar-refractivity contribution in [3.05, 3.63) is 29.3 Å². The molecule has 1 unspecified atom stereocenters. The van der Waals surface area contributed by atoms with E-state index in [1.807, 2.05) is 19.1 Å². The van der Waals surface area contributed by atoms with E-state index in [0.717, 1.165) is 24.8 Å². The molecule has 116 valence electrons. The normalized spacial score (nSPS) is 16.6.